The van der Waals surface area contributed by atoms with Gasteiger partial charge in [-0.2, -0.15) is 0 Å². The predicted octanol–water partition coefficient (Wildman–Crippen LogP) is 2.85. The molecule has 2 aromatic rings. The van der Waals surface area contributed by atoms with Crippen molar-refractivity contribution in [1.82, 2.24) is 4.57 Å². The number of halogens is 3. The number of hydrogen-bond donors (Lipinski definition) is 0. The summed E-state index contributed by atoms with van der Waals surface area (Å²) in [6, 6.07) is 1.42. The first-order valence-electron chi connectivity index (χ1n) is 5.97. The largest absolute Gasteiger partial charge is 0.462 e. The molecule has 0 radical (unpaired) electrons. The van der Waals surface area contributed by atoms with E-state index < -0.39 is 28.6 Å². The summed E-state index contributed by atoms with van der Waals surface area (Å²) >= 11 is 0. The first-order valence-corrected chi connectivity index (χ1v) is 5.97. The van der Waals surface area contributed by atoms with Crippen LogP contribution in [0.5, 0.6) is 0 Å². The lowest BCUT2D eigenvalue weighted by Crippen LogP contribution is -2.20. The summed E-state index contributed by atoms with van der Waals surface area (Å²) in [6.45, 7) is 1.58. The van der Waals surface area contributed by atoms with E-state index >= 15 is 0 Å². The number of esters is 1. The molecule has 0 unspecified atom stereocenters. The van der Waals surface area contributed by atoms with Gasteiger partial charge in [-0.1, -0.05) is 0 Å². The van der Waals surface area contributed by atoms with Crippen molar-refractivity contribution in [3.05, 3.63) is 52.1 Å². The van der Waals surface area contributed by atoms with Crippen LogP contribution in [0.4, 0.5) is 13.2 Å². The standard InChI is InChI=1S/C14H10F3NO3/c1-2-21-14(20)9-7-18(4-3-15)12-6-11(17)10(16)5-8(12)13(9)19/h3-7H,2H2,1H3/b4-3-. The Balaban J connectivity index is 2.85. The average molecular weight is 297 g/mol. The summed E-state index contributed by atoms with van der Waals surface area (Å²) in [4.78, 5) is 23.8. The molecule has 110 valence electrons. The molecule has 0 bridgehead atoms. The molecule has 0 fully saturated rings. The predicted molar refractivity (Wildman–Crippen MR) is 70.5 cm³/mol. The van der Waals surface area contributed by atoms with Crippen molar-refractivity contribution in [2.24, 2.45) is 0 Å². The zero-order chi connectivity index (χ0) is 15.6. The number of aromatic nitrogens is 1. The van der Waals surface area contributed by atoms with Gasteiger partial charge in [-0.25, -0.2) is 18.0 Å². The number of carbonyl (C=O) groups is 1. The zero-order valence-electron chi connectivity index (χ0n) is 10.9. The highest BCUT2D eigenvalue weighted by molar-refractivity contribution is 5.94. The van der Waals surface area contributed by atoms with Gasteiger partial charge in [0.1, 0.15) is 11.9 Å². The second-order valence-electron chi connectivity index (χ2n) is 4.06. The van der Waals surface area contributed by atoms with E-state index in [2.05, 4.69) is 0 Å². The van der Waals surface area contributed by atoms with Crippen LogP contribution in [0.25, 0.3) is 17.1 Å². The van der Waals surface area contributed by atoms with Crippen LogP contribution in [0.1, 0.15) is 17.3 Å². The summed E-state index contributed by atoms with van der Waals surface area (Å²) in [5.74, 6) is -3.35. The van der Waals surface area contributed by atoms with Crippen molar-refractivity contribution < 1.29 is 22.7 Å². The number of nitrogens with zero attached hydrogens (tertiary/aromatic N) is 1. The van der Waals surface area contributed by atoms with Crippen LogP contribution in [0.2, 0.25) is 0 Å². The van der Waals surface area contributed by atoms with Gasteiger partial charge < -0.3 is 9.30 Å². The maximum absolute atomic E-state index is 13.3. The van der Waals surface area contributed by atoms with E-state index in [1.54, 1.807) is 6.92 Å². The van der Waals surface area contributed by atoms with Gasteiger partial charge in [0, 0.05) is 18.5 Å². The Kier molecular flexibility index (Phi) is 4.11. The third-order valence-corrected chi connectivity index (χ3v) is 2.79. The minimum absolute atomic E-state index is 0.0348. The molecule has 1 aromatic heterocycles. The fourth-order valence-corrected chi connectivity index (χ4v) is 1.88. The molecule has 1 heterocycles. The molecule has 7 heteroatoms. The minimum atomic E-state index is -1.24. The number of pyridine rings is 1. The second-order valence-corrected chi connectivity index (χ2v) is 4.06. The van der Waals surface area contributed by atoms with Crippen LogP contribution >= 0.6 is 0 Å². The molecule has 0 spiro atoms. The van der Waals surface area contributed by atoms with E-state index in [0.717, 1.165) is 23.0 Å². The van der Waals surface area contributed by atoms with Crippen molar-refractivity contribution in [3.63, 3.8) is 0 Å². The first kappa shape index (κ1) is 14.8. The molecule has 0 atom stereocenters. The minimum Gasteiger partial charge on any atom is -0.462 e. The third-order valence-electron chi connectivity index (χ3n) is 2.79. The van der Waals surface area contributed by atoms with Crippen molar-refractivity contribution in [3.8, 4) is 0 Å². The molecule has 0 aliphatic heterocycles. The molecule has 0 saturated heterocycles. The second kappa shape index (κ2) is 5.82. The van der Waals surface area contributed by atoms with Gasteiger partial charge in [0.15, 0.2) is 11.6 Å². The Labute approximate surface area is 117 Å². The van der Waals surface area contributed by atoms with Gasteiger partial charge in [0.25, 0.3) is 0 Å². The summed E-state index contributed by atoms with van der Waals surface area (Å²) in [7, 11) is 0. The molecule has 0 aliphatic carbocycles. The first-order chi connectivity index (χ1) is 9.99. The number of fused-ring (bicyclic) bond motifs is 1. The van der Waals surface area contributed by atoms with Gasteiger partial charge in [0.05, 0.1) is 17.5 Å². The monoisotopic (exact) mass is 297 g/mol. The van der Waals surface area contributed by atoms with Gasteiger partial charge in [0.2, 0.25) is 5.43 Å². The van der Waals surface area contributed by atoms with Crippen molar-refractivity contribution in [2.45, 2.75) is 6.92 Å². The van der Waals surface area contributed by atoms with Gasteiger partial charge in [-0.05, 0) is 13.0 Å². The Morgan fingerprint density at radius 2 is 2.00 bits per heavy atom. The maximum Gasteiger partial charge on any atom is 0.343 e. The van der Waals surface area contributed by atoms with Crippen LogP contribution in [0.3, 0.4) is 0 Å². The summed E-state index contributed by atoms with van der Waals surface area (Å²) in [5, 5.41) is -0.252. The smallest absolute Gasteiger partial charge is 0.343 e. The fraction of sp³-hybridized carbons (Fsp3) is 0.143. The lowest BCUT2D eigenvalue weighted by Gasteiger charge is -2.09. The molecule has 0 aliphatic rings. The summed E-state index contributed by atoms with van der Waals surface area (Å²) in [6.07, 6.45) is 2.01. The van der Waals surface area contributed by atoms with Gasteiger partial charge in [-0.15, -0.1) is 0 Å². The van der Waals surface area contributed by atoms with Gasteiger partial charge in [-0.3, -0.25) is 4.79 Å². The van der Waals surface area contributed by atoms with E-state index in [-0.39, 0.29) is 23.8 Å². The van der Waals surface area contributed by atoms with E-state index in [1.807, 2.05) is 0 Å². The molecule has 0 saturated carbocycles. The lowest BCUT2D eigenvalue weighted by atomic mass is 10.1. The topological polar surface area (TPSA) is 48.3 Å². The van der Waals surface area contributed by atoms with Crippen molar-refractivity contribution >= 4 is 23.1 Å². The molecule has 0 N–H and O–H groups in total. The molecule has 21 heavy (non-hydrogen) atoms. The Morgan fingerprint density at radius 1 is 1.33 bits per heavy atom. The van der Waals surface area contributed by atoms with Crippen LogP contribution < -0.4 is 5.43 Å². The highest BCUT2D eigenvalue weighted by atomic mass is 19.2. The molecule has 2 rings (SSSR count). The average Bonchev–Trinajstić information content (AvgIpc) is 2.44. The van der Waals surface area contributed by atoms with Crippen molar-refractivity contribution in [1.29, 1.82) is 0 Å². The molecular formula is C14H10F3NO3. The van der Waals surface area contributed by atoms with E-state index in [9.17, 15) is 22.8 Å². The zero-order valence-corrected chi connectivity index (χ0v) is 10.9. The lowest BCUT2D eigenvalue weighted by molar-refractivity contribution is 0.0524. The summed E-state index contributed by atoms with van der Waals surface area (Å²) < 4.78 is 44.7. The van der Waals surface area contributed by atoms with Crippen LogP contribution in [0.15, 0.2) is 29.5 Å². The van der Waals surface area contributed by atoms with Gasteiger partial charge >= 0.3 is 5.97 Å². The van der Waals surface area contributed by atoms with E-state index in [4.69, 9.17) is 4.74 Å². The van der Waals surface area contributed by atoms with Crippen molar-refractivity contribution in [2.75, 3.05) is 6.61 Å². The highest BCUT2D eigenvalue weighted by Crippen LogP contribution is 2.17. The fourth-order valence-electron chi connectivity index (χ4n) is 1.88. The Hall–Kier alpha value is -2.57. The Morgan fingerprint density at radius 3 is 2.62 bits per heavy atom. The Bertz CT molecular complexity index is 796. The number of rotatable bonds is 3. The normalized spacial score (nSPS) is 11.2. The number of hydrogen-bond acceptors (Lipinski definition) is 3. The molecule has 0 amide bonds. The molecular weight excluding hydrogens is 287 g/mol. The van der Waals surface area contributed by atoms with Crippen LogP contribution in [-0.4, -0.2) is 17.1 Å². The van der Waals surface area contributed by atoms with Crippen LogP contribution in [0, 0.1) is 11.6 Å². The maximum atomic E-state index is 13.3. The quantitative estimate of drug-likeness (QED) is 0.818. The number of ether oxygens (including phenoxy) is 1. The third kappa shape index (κ3) is 2.67. The number of carbonyl (C=O) groups excluding carboxylic acids is 1. The SMILES string of the molecule is CCOC(=O)c1cn(/C=C\F)c2cc(F)c(F)cc2c1=O. The molecule has 4 nitrogen and oxygen atoms in total. The highest BCUT2D eigenvalue weighted by Gasteiger charge is 2.17. The summed E-state index contributed by atoms with van der Waals surface area (Å²) in [5.41, 5.74) is -1.28. The number of benzene rings is 1. The molecule has 1 aromatic carbocycles. The van der Waals surface area contributed by atoms with Crippen LogP contribution in [-0.2, 0) is 4.74 Å². The van der Waals surface area contributed by atoms with E-state index in [1.165, 1.54) is 0 Å². The van der Waals surface area contributed by atoms with E-state index in [0.29, 0.717) is 6.07 Å².